The molecule has 1 fully saturated rings. The summed E-state index contributed by atoms with van der Waals surface area (Å²) in [5.41, 5.74) is 23.5. The largest absolute Gasteiger partial charge is 0.480 e. The van der Waals surface area contributed by atoms with Gasteiger partial charge in [0.05, 0.1) is 6.04 Å². The molecule has 0 bridgehead atoms. The third kappa shape index (κ3) is 8.67. The van der Waals surface area contributed by atoms with Gasteiger partial charge >= 0.3 is 5.97 Å². The highest BCUT2D eigenvalue weighted by Crippen LogP contribution is 2.23. The minimum absolute atomic E-state index is 0.0656. The number of aromatic amines is 1. The lowest BCUT2D eigenvalue weighted by atomic mass is 10.0. The van der Waals surface area contributed by atoms with Crippen LogP contribution >= 0.6 is 0 Å². The van der Waals surface area contributed by atoms with Gasteiger partial charge in [-0.3, -0.25) is 24.2 Å². The number of aliphatic imine (C=N–C) groups is 1. The average molecular weight is 586 g/mol. The van der Waals surface area contributed by atoms with Crippen molar-refractivity contribution in [3.63, 3.8) is 0 Å². The maximum atomic E-state index is 13.9. The van der Waals surface area contributed by atoms with Gasteiger partial charge in [-0.2, -0.15) is 0 Å². The Hall–Kier alpha value is -4.66. The summed E-state index contributed by atoms with van der Waals surface area (Å²) in [4.78, 5) is 71.3. The smallest absolute Gasteiger partial charge is 0.326 e. The van der Waals surface area contributed by atoms with E-state index in [1.807, 2.05) is 24.3 Å². The summed E-state index contributed by atoms with van der Waals surface area (Å²) in [5, 5.41) is 15.6. The number of benzene rings is 1. The van der Waals surface area contributed by atoms with E-state index in [9.17, 15) is 29.1 Å². The van der Waals surface area contributed by atoms with Crippen LogP contribution in [-0.4, -0.2) is 87.8 Å². The number of rotatable bonds is 15. The normalized spacial score (nSPS) is 16.8. The van der Waals surface area contributed by atoms with Crippen LogP contribution in [0.15, 0.2) is 35.5 Å². The molecule has 15 nitrogen and oxygen atoms in total. The molecule has 1 aliphatic rings. The van der Waals surface area contributed by atoms with Crippen LogP contribution in [0.5, 0.6) is 0 Å². The number of nitrogens with two attached hydrogens (primary N) is 4. The molecule has 4 atom stereocenters. The number of carbonyl (C=O) groups is 5. The Bertz CT molecular complexity index is 1320. The van der Waals surface area contributed by atoms with Crippen LogP contribution < -0.4 is 33.6 Å². The van der Waals surface area contributed by atoms with E-state index < -0.39 is 53.8 Å². The summed E-state index contributed by atoms with van der Waals surface area (Å²) >= 11 is 0. The predicted octanol–water partition coefficient (Wildman–Crippen LogP) is -1.60. The number of hydrogen-bond acceptors (Lipinski definition) is 7. The highest BCUT2D eigenvalue weighted by atomic mass is 16.4. The van der Waals surface area contributed by atoms with Crippen molar-refractivity contribution in [2.75, 3.05) is 13.1 Å². The molecule has 2 heterocycles. The fourth-order valence-electron chi connectivity index (χ4n) is 4.96. The van der Waals surface area contributed by atoms with Crippen molar-refractivity contribution in [2.24, 2.45) is 27.9 Å². The number of primary amides is 1. The minimum Gasteiger partial charge on any atom is -0.480 e. The third-order valence-corrected chi connectivity index (χ3v) is 7.15. The Balaban J connectivity index is 1.78. The van der Waals surface area contributed by atoms with Crippen molar-refractivity contribution >= 4 is 46.5 Å². The highest BCUT2D eigenvalue weighted by Gasteiger charge is 2.39. The maximum absolute atomic E-state index is 13.9. The second-order valence-corrected chi connectivity index (χ2v) is 10.3. The first kappa shape index (κ1) is 31.9. The van der Waals surface area contributed by atoms with Crippen molar-refractivity contribution in [1.82, 2.24) is 20.5 Å². The van der Waals surface area contributed by atoms with E-state index in [1.54, 1.807) is 6.20 Å². The number of carboxylic acids is 1. The number of amides is 4. The fourth-order valence-corrected chi connectivity index (χ4v) is 4.96. The second-order valence-electron chi connectivity index (χ2n) is 10.3. The quantitative estimate of drug-likeness (QED) is 0.0678. The molecule has 12 N–H and O–H groups in total. The van der Waals surface area contributed by atoms with Crippen LogP contribution in [0.2, 0.25) is 0 Å². The van der Waals surface area contributed by atoms with Gasteiger partial charge in [-0.25, -0.2) is 4.79 Å². The third-order valence-electron chi connectivity index (χ3n) is 7.15. The van der Waals surface area contributed by atoms with E-state index in [0.717, 1.165) is 16.5 Å². The van der Waals surface area contributed by atoms with E-state index >= 15 is 0 Å². The van der Waals surface area contributed by atoms with Crippen molar-refractivity contribution < 1.29 is 29.1 Å². The van der Waals surface area contributed by atoms with Crippen molar-refractivity contribution in [3.05, 3.63) is 36.0 Å². The lowest BCUT2D eigenvalue weighted by Crippen LogP contribution is -2.57. The van der Waals surface area contributed by atoms with Crippen molar-refractivity contribution in [2.45, 2.75) is 69.1 Å². The van der Waals surface area contributed by atoms with Crippen LogP contribution in [0.25, 0.3) is 10.9 Å². The fraction of sp³-hybridized carbons (Fsp3) is 0.481. The summed E-state index contributed by atoms with van der Waals surface area (Å²) in [6.45, 7) is 0.531. The molecule has 0 radical (unpaired) electrons. The second kappa shape index (κ2) is 14.8. The van der Waals surface area contributed by atoms with Gasteiger partial charge in [0.1, 0.15) is 18.1 Å². The molecule has 0 aliphatic carbocycles. The van der Waals surface area contributed by atoms with Gasteiger partial charge in [0.25, 0.3) is 0 Å². The number of likely N-dealkylation sites (tertiary alicyclic amines) is 1. The molecule has 3 rings (SSSR count). The number of guanidine groups is 1. The topological polar surface area (TPSA) is 265 Å². The molecule has 1 saturated heterocycles. The Morgan fingerprint density at radius 2 is 1.81 bits per heavy atom. The average Bonchev–Trinajstić information content (AvgIpc) is 3.60. The lowest BCUT2D eigenvalue weighted by Gasteiger charge is -2.30. The number of hydrogen-bond donors (Lipinski definition) is 8. The van der Waals surface area contributed by atoms with Gasteiger partial charge in [-0.05, 0) is 43.7 Å². The first-order valence-electron chi connectivity index (χ1n) is 13.8. The van der Waals surface area contributed by atoms with Crippen LogP contribution in [0.1, 0.15) is 44.1 Å². The number of nitrogens with one attached hydrogen (secondary N) is 3. The Labute approximate surface area is 242 Å². The highest BCUT2D eigenvalue weighted by molar-refractivity contribution is 5.95. The minimum atomic E-state index is -1.35. The Morgan fingerprint density at radius 3 is 2.50 bits per heavy atom. The maximum Gasteiger partial charge on any atom is 0.326 e. The molecule has 15 heteroatoms. The Kier molecular flexibility index (Phi) is 11.2. The van der Waals surface area contributed by atoms with Crippen LogP contribution in [0.3, 0.4) is 0 Å². The molecule has 42 heavy (non-hydrogen) atoms. The summed E-state index contributed by atoms with van der Waals surface area (Å²) in [7, 11) is 0. The predicted molar refractivity (Wildman–Crippen MR) is 155 cm³/mol. The van der Waals surface area contributed by atoms with Gasteiger partial charge < -0.3 is 48.6 Å². The number of carbonyl (C=O) groups excluding carboxylic acids is 4. The molecule has 1 aromatic carbocycles. The SMILES string of the molecule is NC(=O)CCC(NC(=O)C1CCCN1C(=O)C(Cc1c[nH]c2ccccc12)NC(=O)C(N)CCCN=C(N)N)C(=O)O. The van der Waals surface area contributed by atoms with E-state index in [-0.39, 0.29) is 38.2 Å². The van der Waals surface area contributed by atoms with E-state index in [2.05, 4.69) is 20.6 Å². The lowest BCUT2D eigenvalue weighted by molar-refractivity contribution is -0.145. The first-order valence-corrected chi connectivity index (χ1v) is 13.8. The summed E-state index contributed by atoms with van der Waals surface area (Å²) in [5.74, 6) is -3.79. The summed E-state index contributed by atoms with van der Waals surface area (Å²) in [6, 6.07) is 3.22. The van der Waals surface area contributed by atoms with E-state index in [0.29, 0.717) is 25.8 Å². The van der Waals surface area contributed by atoms with Crippen LogP contribution in [-0.2, 0) is 30.4 Å². The number of H-pyrrole nitrogens is 1. The molecular weight excluding hydrogens is 546 g/mol. The van der Waals surface area contributed by atoms with Crippen molar-refractivity contribution in [3.8, 4) is 0 Å². The van der Waals surface area contributed by atoms with E-state index in [1.165, 1.54) is 4.90 Å². The van der Waals surface area contributed by atoms with E-state index in [4.69, 9.17) is 22.9 Å². The number of carboxylic acid groups (broad SMARTS) is 1. The first-order chi connectivity index (χ1) is 20.0. The molecule has 0 spiro atoms. The molecule has 1 aromatic heterocycles. The van der Waals surface area contributed by atoms with Crippen LogP contribution in [0, 0.1) is 0 Å². The standard InChI is InChI=1S/C27H39N9O6/c28-17(6-3-11-32-27(30)31)23(38)35-20(13-15-14-33-18-7-2-1-5-16(15)18)25(40)36-12-4-8-21(36)24(39)34-19(26(41)42)9-10-22(29)37/h1-2,5,7,14,17,19-21,33H,3-4,6,8-13,28H2,(H2,29,37)(H,34,39)(H,35,38)(H,41,42)(H4,30,31,32). The van der Waals surface area contributed by atoms with Crippen molar-refractivity contribution in [1.29, 1.82) is 0 Å². The Morgan fingerprint density at radius 1 is 1.07 bits per heavy atom. The number of fused-ring (bicyclic) bond motifs is 1. The zero-order valence-corrected chi connectivity index (χ0v) is 23.3. The molecule has 228 valence electrons. The molecule has 2 aromatic rings. The molecular formula is C27H39N9O6. The number of nitrogens with zero attached hydrogens (tertiary/aromatic N) is 2. The van der Waals surface area contributed by atoms with Gasteiger partial charge in [-0.15, -0.1) is 0 Å². The monoisotopic (exact) mass is 585 g/mol. The molecule has 4 amide bonds. The zero-order valence-electron chi connectivity index (χ0n) is 23.3. The van der Waals surface area contributed by atoms with Gasteiger partial charge in [0.2, 0.25) is 23.6 Å². The number of aliphatic carboxylic acids is 1. The van der Waals surface area contributed by atoms with Gasteiger partial charge in [0, 0.05) is 43.0 Å². The summed E-state index contributed by atoms with van der Waals surface area (Å²) < 4.78 is 0. The van der Waals surface area contributed by atoms with Gasteiger partial charge in [0.15, 0.2) is 5.96 Å². The number of para-hydroxylation sites is 1. The summed E-state index contributed by atoms with van der Waals surface area (Å²) in [6.07, 6.45) is 2.99. The zero-order chi connectivity index (χ0) is 30.8. The molecule has 1 aliphatic heterocycles. The molecule has 0 saturated carbocycles. The number of aromatic nitrogens is 1. The molecule has 4 unspecified atom stereocenters. The van der Waals surface area contributed by atoms with Gasteiger partial charge in [-0.1, -0.05) is 18.2 Å². The van der Waals surface area contributed by atoms with Crippen LogP contribution in [0.4, 0.5) is 0 Å².